The van der Waals surface area contributed by atoms with Crippen LogP contribution in [0.1, 0.15) is 18.4 Å². The van der Waals surface area contributed by atoms with E-state index in [1.54, 1.807) is 12.3 Å². The van der Waals surface area contributed by atoms with Gasteiger partial charge in [-0.1, -0.05) is 12.2 Å². The summed E-state index contributed by atoms with van der Waals surface area (Å²) < 4.78 is 0. The van der Waals surface area contributed by atoms with Crippen molar-refractivity contribution in [3.05, 3.63) is 23.9 Å². The number of hydrogen-bond donors (Lipinski definition) is 2. The van der Waals surface area contributed by atoms with Crippen molar-refractivity contribution >= 4 is 28.9 Å². The Morgan fingerprint density at radius 2 is 2.28 bits per heavy atom. The highest BCUT2D eigenvalue weighted by atomic mass is 32.1. The monoisotopic (exact) mass is 264 g/mol. The summed E-state index contributed by atoms with van der Waals surface area (Å²) in [4.78, 5) is 17.9. The van der Waals surface area contributed by atoms with Crippen LogP contribution in [0.5, 0.6) is 0 Å². The summed E-state index contributed by atoms with van der Waals surface area (Å²) in [5.41, 5.74) is 11.7. The molecule has 1 aliphatic rings. The molecule has 0 spiro atoms. The molecule has 1 fully saturated rings. The third-order valence-electron chi connectivity index (χ3n) is 3.18. The molecule has 1 atom stereocenters. The molecule has 6 heteroatoms. The third kappa shape index (κ3) is 2.76. The summed E-state index contributed by atoms with van der Waals surface area (Å²) in [6.45, 7) is 1.49. The Labute approximate surface area is 111 Å². The number of anilines is 1. The molecule has 1 saturated heterocycles. The lowest BCUT2D eigenvalue weighted by Crippen LogP contribution is -2.41. The van der Waals surface area contributed by atoms with Crippen molar-refractivity contribution in [1.29, 1.82) is 0 Å². The van der Waals surface area contributed by atoms with Crippen LogP contribution in [0.25, 0.3) is 0 Å². The molecule has 0 radical (unpaired) electrons. The predicted molar refractivity (Wildman–Crippen MR) is 74.3 cm³/mol. The first-order chi connectivity index (χ1) is 8.58. The first-order valence-corrected chi connectivity index (χ1v) is 6.29. The molecule has 0 bridgehead atoms. The van der Waals surface area contributed by atoms with E-state index < -0.39 is 0 Å². The Hall–Kier alpha value is -1.69. The number of primary amides is 1. The molecule has 1 aliphatic heterocycles. The standard InChI is InChI=1S/C12H16N4OS/c13-11(17)9-2-1-5-16(7-9)10-6-8(12(14)18)3-4-15-10/h3-4,6,9H,1-2,5,7H2,(H2,13,17)(H2,14,18). The number of piperidine rings is 1. The van der Waals surface area contributed by atoms with E-state index in [2.05, 4.69) is 9.88 Å². The maximum Gasteiger partial charge on any atom is 0.222 e. The van der Waals surface area contributed by atoms with E-state index in [1.807, 2.05) is 6.07 Å². The third-order valence-corrected chi connectivity index (χ3v) is 3.41. The summed E-state index contributed by atoms with van der Waals surface area (Å²) in [7, 11) is 0. The molecular weight excluding hydrogens is 248 g/mol. The molecule has 2 heterocycles. The van der Waals surface area contributed by atoms with Crippen LogP contribution >= 0.6 is 12.2 Å². The first kappa shape index (κ1) is 12.8. The molecule has 0 saturated carbocycles. The number of carbonyl (C=O) groups excluding carboxylic acids is 1. The fourth-order valence-electron chi connectivity index (χ4n) is 2.16. The van der Waals surface area contributed by atoms with Gasteiger partial charge in [-0.15, -0.1) is 0 Å². The topological polar surface area (TPSA) is 85.2 Å². The quantitative estimate of drug-likeness (QED) is 0.773. The highest BCUT2D eigenvalue weighted by Crippen LogP contribution is 2.21. The summed E-state index contributed by atoms with van der Waals surface area (Å²) in [6, 6.07) is 3.63. The fraction of sp³-hybridized carbons (Fsp3) is 0.417. The predicted octanol–water partition coefficient (Wildman–Crippen LogP) is 0.417. The number of nitrogens with two attached hydrogens (primary N) is 2. The molecule has 1 unspecified atom stereocenters. The van der Waals surface area contributed by atoms with Gasteiger partial charge in [-0.05, 0) is 25.0 Å². The van der Waals surface area contributed by atoms with Crippen LogP contribution < -0.4 is 16.4 Å². The van der Waals surface area contributed by atoms with Gasteiger partial charge in [-0.25, -0.2) is 4.98 Å². The van der Waals surface area contributed by atoms with Gasteiger partial charge in [0.1, 0.15) is 10.8 Å². The Morgan fingerprint density at radius 1 is 1.50 bits per heavy atom. The van der Waals surface area contributed by atoms with Crippen LogP contribution in [0.2, 0.25) is 0 Å². The summed E-state index contributed by atoms with van der Waals surface area (Å²) in [6.07, 6.45) is 3.46. The minimum atomic E-state index is -0.245. The molecule has 1 amide bonds. The van der Waals surface area contributed by atoms with Gasteiger partial charge in [0.2, 0.25) is 5.91 Å². The minimum Gasteiger partial charge on any atom is -0.389 e. The van der Waals surface area contributed by atoms with Gasteiger partial charge in [0.15, 0.2) is 0 Å². The number of carbonyl (C=O) groups is 1. The molecule has 4 N–H and O–H groups in total. The van der Waals surface area contributed by atoms with Crippen LogP contribution in [-0.2, 0) is 4.79 Å². The van der Waals surface area contributed by atoms with Gasteiger partial charge in [0, 0.05) is 24.8 Å². The molecule has 5 nitrogen and oxygen atoms in total. The lowest BCUT2D eigenvalue weighted by Gasteiger charge is -2.32. The lowest BCUT2D eigenvalue weighted by molar-refractivity contribution is -0.122. The lowest BCUT2D eigenvalue weighted by atomic mass is 9.97. The number of nitrogens with zero attached hydrogens (tertiary/aromatic N) is 2. The zero-order valence-corrected chi connectivity index (χ0v) is 10.8. The highest BCUT2D eigenvalue weighted by molar-refractivity contribution is 7.80. The number of aromatic nitrogens is 1. The Morgan fingerprint density at radius 3 is 2.94 bits per heavy atom. The second-order valence-electron chi connectivity index (χ2n) is 4.45. The Balaban J connectivity index is 2.18. The summed E-state index contributed by atoms with van der Waals surface area (Å²) in [5.74, 6) is 0.450. The smallest absolute Gasteiger partial charge is 0.222 e. The maximum atomic E-state index is 11.2. The molecule has 1 aromatic rings. The van der Waals surface area contributed by atoms with E-state index in [4.69, 9.17) is 23.7 Å². The largest absolute Gasteiger partial charge is 0.389 e. The number of amides is 1. The molecular formula is C12H16N4OS. The normalized spacial score (nSPS) is 19.6. The number of rotatable bonds is 3. The van der Waals surface area contributed by atoms with E-state index >= 15 is 0 Å². The molecule has 2 rings (SSSR count). The van der Waals surface area contributed by atoms with Gasteiger partial charge >= 0.3 is 0 Å². The van der Waals surface area contributed by atoms with E-state index in [1.165, 1.54) is 0 Å². The van der Waals surface area contributed by atoms with E-state index in [-0.39, 0.29) is 11.8 Å². The van der Waals surface area contributed by atoms with Gasteiger partial charge in [-0.3, -0.25) is 4.79 Å². The van der Waals surface area contributed by atoms with Crippen molar-refractivity contribution in [2.24, 2.45) is 17.4 Å². The van der Waals surface area contributed by atoms with Crippen LogP contribution in [0, 0.1) is 5.92 Å². The Bertz CT molecular complexity index is 477. The molecule has 1 aromatic heterocycles. The number of thiocarbonyl (C=S) groups is 1. The zero-order valence-electron chi connectivity index (χ0n) is 10.0. The fourth-order valence-corrected chi connectivity index (χ4v) is 2.29. The van der Waals surface area contributed by atoms with Gasteiger partial charge in [-0.2, -0.15) is 0 Å². The molecule has 0 aromatic carbocycles. The zero-order chi connectivity index (χ0) is 13.1. The number of pyridine rings is 1. The van der Waals surface area contributed by atoms with E-state index in [9.17, 15) is 4.79 Å². The van der Waals surface area contributed by atoms with Crippen molar-refractivity contribution in [1.82, 2.24) is 4.98 Å². The van der Waals surface area contributed by atoms with Crippen LogP contribution in [0.4, 0.5) is 5.82 Å². The van der Waals surface area contributed by atoms with Crippen LogP contribution in [0.3, 0.4) is 0 Å². The average Bonchev–Trinajstić information content (AvgIpc) is 2.39. The first-order valence-electron chi connectivity index (χ1n) is 5.88. The van der Waals surface area contributed by atoms with Crippen molar-refractivity contribution in [2.45, 2.75) is 12.8 Å². The second kappa shape index (κ2) is 5.30. The van der Waals surface area contributed by atoms with Crippen molar-refractivity contribution < 1.29 is 4.79 Å². The molecule has 18 heavy (non-hydrogen) atoms. The number of hydrogen-bond acceptors (Lipinski definition) is 4. The second-order valence-corrected chi connectivity index (χ2v) is 4.89. The minimum absolute atomic E-state index is 0.103. The summed E-state index contributed by atoms with van der Waals surface area (Å²) >= 11 is 4.95. The van der Waals surface area contributed by atoms with Crippen LogP contribution in [-0.4, -0.2) is 29.0 Å². The Kier molecular flexibility index (Phi) is 3.76. The average molecular weight is 264 g/mol. The van der Waals surface area contributed by atoms with Crippen molar-refractivity contribution in [2.75, 3.05) is 18.0 Å². The van der Waals surface area contributed by atoms with Gasteiger partial charge < -0.3 is 16.4 Å². The van der Waals surface area contributed by atoms with Crippen LogP contribution in [0.15, 0.2) is 18.3 Å². The molecule has 96 valence electrons. The van der Waals surface area contributed by atoms with Crippen molar-refractivity contribution in [3.63, 3.8) is 0 Å². The van der Waals surface area contributed by atoms with E-state index in [0.717, 1.165) is 30.8 Å². The van der Waals surface area contributed by atoms with Crippen molar-refractivity contribution in [3.8, 4) is 0 Å². The molecule has 0 aliphatic carbocycles. The highest BCUT2D eigenvalue weighted by Gasteiger charge is 2.24. The SMILES string of the molecule is NC(=O)C1CCCN(c2cc(C(N)=S)ccn2)C1. The summed E-state index contributed by atoms with van der Waals surface area (Å²) in [5, 5.41) is 0. The van der Waals surface area contributed by atoms with Gasteiger partial charge in [0.25, 0.3) is 0 Å². The maximum absolute atomic E-state index is 11.2. The van der Waals surface area contributed by atoms with Gasteiger partial charge in [0.05, 0.1) is 5.92 Å². The van der Waals surface area contributed by atoms with E-state index in [0.29, 0.717) is 11.5 Å².